The van der Waals surface area contributed by atoms with Crippen LogP contribution in [0.15, 0.2) is 48.5 Å². The van der Waals surface area contributed by atoms with E-state index in [1.54, 1.807) is 6.07 Å². The molecule has 25 heavy (non-hydrogen) atoms. The summed E-state index contributed by atoms with van der Waals surface area (Å²) in [5.74, 6) is 1.05. The number of fused-ring (bicyclic) bond motifs is 1. The number of nitrogens with zero attached hydrogens (tertiary/aromatic N) is 2. The highest BCUT2D eigenvalue weighted by atomic mass is 35.5. The summed E-state index contributed by atoms with van der Waals surface area (Å²) in [6.45, 7) is 0.946. The summed E-state index contributed by atoms with van der Waals surface area (Å²) in [6, 6.07) is 15.9. The van der Waals surface area contributed by atoms with Crippen LogP contribution in [0.1, 0.15) is 29.7 Å². The Balaban J connectivity index is 1.83. The molecule has 2 heterocycles. The van der Waals surface area contributed by atoms with Crippen molar-refractivity contribution in [1.29, 1.82) is 0 Å². The first kappa shape index (κ1) is 16.5. The van der Waals surface area contributed by atoms with Crippen LogP contribution in [0.25, 0.3) is 5.69 Å². The summed E-state index contributed by atoms with van der Waals surface area (Å²) in [5.41, 5.74) is 4.47. The maximum Gasteiger partial charge on any atom is 0.133 e. The predicted molar refractivity (Wildman–Crippen MR) is 104 cm³/mol. The van der Waals surface area contributed by atoms with Crippen LogP contribution in [-0.2, 0) is 12.8 Å². The van der Waals surface area contributed by atoms with Gasteiger partial charge < -0.3 is 5.32 Å². The van der Waals surface area contributed by atoms with Gasteiger partial charge in [-0.15, -0.1) is 0 Å². The molecule has 1 aliphatic rings. The second-order valence-corrected chi connectivity index (χ2v) is 7.17. The molecule has 0 saturated heterocycles. The first-order valence-corrected chi connectivity index (χ1v) is 9.32. The van der Waals surface area contributed by atoms with Crippen molar-refractivity contribution in [2.24, 2.45) is 0 Å². The molecule has 0 atom stereocenters. The average molecular weight is 372 g/mol. The van der Waals surface area contributed by atoms with Gasteiger partial charge in [-0.3, -0.25) is 0 Å². The zero-order valence-corrected chi connectivity index (χ0v) is 15.3. The van der Waals surface area contributed by atoms with E-state index in [4.69, 9.17) is 28.3 Å². The number of aromatic nitrogens is 2. The minimum atomic E-state index is 0.645. The smallest absolute Gasteiger partial charge is 0.133 e. The molecule has 0 bridgehead atoms. The van der Waals surface area contributed by atoms with E-state index in [1.165, 1.54) is 11.1 Å². The van der Waals surface area contributed by atoms with Gasteiger partial charge in [0.1, 0.15) is 5.82 Å². The molecule has 0 fully saturated rings. The lowest BCUT2D eigenvalue weighted by Gasteiger charge is -2.11. The molecular formula is C20H19Cl2N3. The van der Waals surface area contributed by atoms with Crippen molar-refractivity contribution in [2.45, 2.75) is 25.7 Å². The van der Waals surface area contributed by atoms with Crippen LogP contribution in [0.4, 0.5) is 5.82 Å². The Morgan fingerprint density at radius 2 is 1.88 bits per heavy atom. The van der Waals surface area contributed by atoms with Gasteiger partial charge in [-0.2, -0.15) is 5.10 Å². The molecule has 3 nitrogen and oxygen atoms in total. The fraction of sp³-hybridized carbons (Fsp3) is 0.250. The lowest BCUT2D eigenvalue weighted by Crippen LogP contribution is -2.07. The molecular weight excluding hydrogens is 353 g/mol. The van der Waals surface area contributed by atoms with Crippen LogP contribution < -0.4 is 5.32 Å². The van der Waals surface area contributed by atoms with Gasteiger partial charge in [0.2, 0.25) is 0 Å². The van der Waals surface area contributed by atoms with Crippen molar-refractivity contribution in [1.82, 2.24) is 9.78 Å². The van der Waals surface area contributed by atoms with Gasteiger partial charge >= 0.3 is 0 Å². The highest BCUT2D eigenvalue weighted by Gasteiger charge is 2.22. The van der Waals surface area contributed by atoms with Crippen molar-refractivity contribution >= 4 is 29.0 Å². The Kier molecular flexibility index (Phi) is 4.69. The molecule has 1 aliphatic heterocycles. The minimum Gasteiger partial charge on any atom is -0.370 e. The zero-order chi connectivity index (χ0) is 17.2. The van der Waals surface area contributed by atoms with Gasteiger partial charge in [0.25, 0.3) is 0 Å². The van der Waals surface area contributed by atoms with E-state index in [0.29, 0.717) is 10.0 Å². The molecule has 4 rings (SSSR count). The van der Waals surface area contributed by atoms with Crippen LogP contribution >= 0.6 is 23.2 Å². The fourth-order valence-corrected chi connectivity index (χ4v) is 3.69. The third-order valence-corrected chi connectivity index (χ3v) is 5.12. The number of benzene rings is 2. The van der Waals surface area contributed by atoms with E-state index in [0.717, 1.165) is 49.4 Å². The topological polar surface area (TPSA) is 29.9 Å². The third kappa shape index (κ3) is 3.39. The summed E-state index contributed by atoms with van der Waals surface area (Å²) >= 11 is 12.6. The van der Waals surface area contributed by atoms with Gasteiger partial charge in [-0.1, -0.05) is 53.5 Å². The van der Waals surface area contributed by atoms with E-state index in [1.807, 2.05) is 22.9 Å². The third-order valence-electron chi connectivity index (χ3n) is 4.56. The molecule has 0 amide bonds. The monoisotopic (exact) mass is 371 g/mol. The number of hydrogen-bond donors (Lipinski definition) is 1. The van der Waals surface area contributed by atoms with Gasteiger partial charge in [0.15, 0.2) is 0 Å². The predicted octanol–water partition coefficient (Wildman–Crippen LogP) is 5.52. The SMILES string of the molecule is Clc1ccc(Cl)c(-n2nc(Cc3ccccc3)c3c2NCCCC3)c1. The molecule has 0 spiro atoms. The standard InChI is InChI=1S/C20H19Cl2N3/c21-15-9-10-17(22)19(13-15)25-20-16(8-4-5-11-23-20)18(24-25)12-14-6-2-1-3-7-14/h1-3,6-7,9-10,13,23H,4-5,8,11-12H2. The van der Waals surface area contributed by atoms with E-state index in [-0.39, 0.29) is 0 Å². The van der Waals surface area contributed by atoms with Gasteiger partial charge in [-0.25, -0.2) is 4.68 Å². The van der Waals surface area contributed by atoms with Crippen LogP contribution in [0.5, 0.6) is 0 Å². The second kappa shape index (κ2) is 7.11. The number of nitrogens with one attached hydrogen (secondary N) is 1. The van der Waals surface area contributed by atoms with E-state index < -0.39 is 0 Å². The van der Waals surface area contributed by atoms with E-state index in [9.17, 15) is 0 Å². The Bertz CT molecular complexity index is 887. The molecule has 2 aromatic carbocycles. The van der Waals surface area contributed by atoms with E-state index in [2.05, 4.69) is 29.6 Å². The van der Waals surface area contributed by atoms with Crippen LogP contribution in [0.2, 0.25) is 10.0 Å². The van der Waals surface area contributed by atoms with E-state index >= 15 is 0 Å². The average Bonchev–Trinajstić information content (AvgIpc) is 2.80. The normalized spacial score (nSPS) is 13.8. The Hall–Kier alpha value is -1.97. The summed E-state index contributed by atoms with van der Waals surface area (Å²) in [4.78, 5) is 0. The molecule has 0 aliphatic carbocycles. The van der Waals surface area contributed by atoms with Crippen molar-refractivity contribution in [3.63, 3.8) is 0 Å². The highest BCUT2D eigenvalue weighted by molar-refractivity contribution is 6.34. The number of anilines is 1. The molecule has 5 heteroatoms. The number of hydrogen-bond acceptors (Lipinski definition) is 2. The van der Waals surface area contributed by atoms with Crippen LogP contribution in [0.3, 0.4) is 0 Å². The van der Waals surface area contributed by atoms with Gasteiger partial charge in [0, 0.05) is 23.6 Å². The van der Waals surface area contributed by atoms with Gasteiger partial charge in [-0.05, 0) is 43.0 Å². The number of halogens is 2. The molecule has 0 saturated carbocycles. The lowest BCUT2D eigenvalue weighted by molar-refractivity contribution is 0.767. The zero-order valence-electron chi connectivity index (χ0n) is 13.8. The first-order chi connectivity index (χ1) is 12.2. The van der Waals surface area contributed by atoms with Crippen molar-refractivity contribution in [3.8, 4) is 5.69 Å². The van der Waals surface area contributed by atoms with Crippen molar-refractivity contribution < 1.29 is 0 Å². The van der Waals surface area contributed by atoms with Crippen LogP contribution in [0, 0.1) is 0 Å². The van der Waals surface area contributed by atoms with Gasteiger partial charge in [0.05, 0.1) is 16.4 Å². The number of rotatable bonds is 3. The van der Waals surface area contributed by atoms with Crippen molar-refractivity contribution in [2.75, 3.05) is 11.9 Å². The maximum atomic E-state index is 6.44. The molecule has 3 aromatic rings. The molecule has 1 N–H and O–H groups in total. The van der Waals surface area contributed by atoms with Crippen LogP contribution in [-0.4, -0.2) is 16.3 Å². The fourth-order valence-electron chi connectivity index (χ4n) is 3.33. The quantitative estimate of drug-likeness (QED) is 0.656. The second-order valence-electron chi connectivity index (χ2n) is 6.33. The molecule has 1 aromatic heterocycles. The van der Waals surface area contributed by atoms with Crippen molar-refractivity contribution in [3.05, 3.63) is 75.4 Å². The molecule has 128 valence electrons. The summed E-state index contributed by atoms with van der Waals surface area (Å²) in [6.07, 6.45) is 4.16. The maximum absolute atomic E-state index is 6.44. The Morgan fingerprint density at radius 1 is 1.04 bits per heavy atom. The largest absolute Gasteiger partial charge is 0.370 e. The first-order valence-electron chi connectivity index (χ1n) is 8.56. The summed E-state index contributed by atoms with van der Waals surface area (Å²) < 4.78 is 1.92. The lowest BCUT2D eigenvalue weighted by atomic mass is 10.0. The minimum absolute atomic E-state index is 0.645. The molecule has 0 unspecified atom stereocenters. The Labute approximate surface area is 157 Å². The Morgan fingerprint density at radius 3 is 2.72 bits per heavy atom. The summed E-state index contributed by atoms with van der Waals surface area (Å²) in [5, 5.41) is 9.76. The highest BCUT2D eigenvalue weighted by Crippen LogP contribution is 2.33. The molecule has 0 radical (unpaired) electrons. The summed E-state index contributed by atoms with van der Waals surface area (Å²) in [7, 11) is 0.